The Hall–Kier alpha value is -1.07. The fourth-order valence-electron chi connectivity index (χ4n) is 0.722. The Kier molecular flexibility index (Phi) is 6.18. The second kappa shape index (κ2) is 5.62. The van der Waals surface area contributed by atoms with Crippen molar-refractivity contribution in [3.8, 4) is 17.2 Å². The molecule has 1 aromatic rings. The summed E-state index contributed by atoms with van der Waals surface area (Å²) in [7, 11) is 0. The maximum absolute atomic E-state index is 10.7. The van der Waals surface area contributed by atoms with Crippen LogP contribution in [0.1, 0.15) is 10.4 Å². The fourth-order valence-corrected chi connectivity index (χ4v) is 0.722. The Balaban J connectivity index is 0. The van der Waals surface area contributed by atoms with Crippen LogP contribution in [0.4, 0.5) is 0 Å². The van der Waals surface area contributed by atoms with Crippen LogP contribution in [0.2, 0.25) is 0 Å². The van der Waals surface area contributed by atoms with E-state index in [0.29, 0.717) is 0 Å². The molecule has 0 aliphatic rings. The van der Waals surface area contributed by atoms with Gasteiger partial charge in [0.05, 0.1) is 5.56 Å². The third-order valence-corrected chi connectivity index (χ3v) is 1.30. The van der Waals surface area contributed by atoms with E-state index in [1.165, 1.54) is 0 Å². The predicted molar refractivity (Wildman–Crippen MR) is 42.6 cm³/mol. The molecule has 0 unspecified atom stereocenters. The predicted octanol–water partition coefficient (Wildman–Crippen LogP) is -0.630. The van der Waals surface area contributed by atoms with Crippen molar-refractivity contribution in [2.24, 2.45) is 0 Å². The number of carbonyl (C=O) groups is 1. The van der Waals surface area contributed by atoms with Gasteiger partial charge < -0.3 is 25.9 Å². The summed E-state index contributed by atoms with van der Waals surface area (Å²) in [5, 5.41) is 36.6. The number of carboxylic acid groups (broad SMARTS) is 1. The molecule has 14 heavy (non-hydrogen) atoms. The molecule has 0 saturated carbocycles. The molecular formula is C7H5BiO6. The quantitative estimate of drug-likeness (QED) is 0.547. The van der Waals surface area contributed by atoms with Crippen LogP contribution in [0.3, 0.4) is 0 Å². The number of carboxylic acids is 1. The molecule has 0 heterocycles. The van der Waals surface area contributed by atoms with Gasteiger partial charge >= 0.3 is 32.2 Å². The van der Waals surface area contributed by atoms with Crippen molar-refractivity contribution < 1.29 is 30.7 Å². The number of aromatic hydroxyl groups is 2. The first-order valence-electron chi connectivity index (χ1n) is 2.98. The monoisotopic (exact) mass is 394 g/mol. The Labute approximate surface area is 97.9 Å². The summed E-state index contributed by atoms with van der Waals surface area (Å²) >= 11 is 0. The van der Waals surface area contributed by atoms with Gasteiger partial charge in [0.15, 0.2) is 0 Å². The largest absolute Gasteiger partial charge is 3.00 e. The zero-order valence-corrected chi connectivity index (χ0v) is 10.1. The van der Waals surface area contributed by atoms with Crippen LogP contribution < -0.4 is 5.11 Å². The average Bonchev–Trinajstić information content (AvgIpc) is 1.99. The van der Waals surface area contributed by atoms with Crippen molar-refractivity contribution in [2.45, 2.75) is 0 Å². The SMILES string of the molecule is O=C(O)c1cc(O)c([O-])c(O)c1.[Bi+3].[O-2]. The van der Waals surface area contributed by atoms with Crippen molar-refractivity contribution in [3.63, 3.8) is 0 Å². The molecule has 0 saturated heterocycles. The Morgan fingerprint density at radius 1 is 1.21 bits per heavy atom. The van der Waals surface area contributed by atoms with E-state index >= 15 is 0 Å². The summed E-state index contributed by atoms with van der Waals surface area (Å²) in [6, 6.07) is 1.56. The van der Waals surface area contributed by atoms with Crippen LogP contribution in [0.5, 0.6) is 17.2 Å². The molecule has 0 aliphatic heterocycles. The average molecular weight is 394 g/mol. The topological polar surface area (TPSA) is 129 Å². The molecule has 0 aliphatic carbocycles. The van der Waals surface area contributed by atoms with E-state index in [0.717, 1.165) is 12.1 Å². The number of benzene rings is 1. The minimum Gasteiger partial charge on any atom is -2.00 e. The van der Waals surface area contributed by atoms with Crippen LogP contribution in [0.25, 0.3) is 0 Å². The summed E-state index contributed by atoms with van der Waals surface area (Å²) in [5.74, 6) is -3.83. The van der Waals surface area contributed by atoms with Gasteiger partial charge in [-0.05, 0) is 17.9 Å². The molecule has 0 aromatic heterocycles. The molecule has 74 valence electrons. The van der Waals surface area contributed by atoms with E-state index in [4.69, 9.17) is 15.3 Å². The molecule has 0 spiro atoms. The number of phenols is 2. The summed E-state index contributed by atoms with van der Waals surface area (Å²) < 4.78 is 0. The molecule has 1 aromatic carbocycles. The van der Waals surface area contributed by atoms with E-state index < -0.39 is 23.2 Å². The van der Waals surface area contributed by atoms with Crippen molar-refractivity contribution in [3.05, 3.63) is 17.7 Å². The first kappa shape index (κ1) is 15.4. The first-order chi connectivity index (χ1) is 5.52. The van der Waals surface area contributed by atoms with Gasteiger partial charge in [-0.2, -0.15) is 0 Å². The Morgan fingerprint density at radius 3 is 1.86 bits per heavy atom. The van der Waals surface area contributed by atoms with Crippen LogP contribution >= 0.6 is 0 Å². The Morgan fingerprint density at radius 2 is 1.57 bits per heavy atom. The maximum atomic E-state index is 10.7. The maximum Gasteiger partial charge on any atom is 3.00 e. The summed E-state index contributed by atoms with van der Waals surface area (Å²) in [6.45, 7) is 0. The molecule has 1 rings (SSSR count). The smallest absolute Gasteiger partial charge is 2.00 e. The van der Waals surface area contributed by atoms with Crippen molar-refractivity contribution in [2.75, 3.05) is 0 Å². The fraction of sp³-hybridized carbons (Fsp3) is 0. The number of rotatable bonds is 1. The summed E-state index contributed by atoms with van der Waals surface area (Å²) in [5.41, 5.74) is -0.329. The molecule has 0 amide bonds. The van der Waals surface area contributed by atoms with Crippen LogP contribution in [-0.2, 0) is 5.48 Å². The standard InChI is InChI=1S/C7H6O5.Bi.O/c8-4-1-3(7(11)12)2-5(9)6(4)10;;/h1-2,8-10H,(H,11,12);;/q;+3;-2/p-1. The van der Waals surface area contributed by atoms with Crippen molar-refractivity contribution in [1.82, 2.24) is 0 Å². The van der Waals surface area contributed by atoms with Gasteiger partial charge in [-0.3, -0.25) is 0 Å². The van der Waals surface area contributed by atoms with Crippen molar-refractivity contribution >= 4 is 32.2 Å². The molecule has 2 radical (unpaired) electrons. The zero-order valence-electron chi connectivity index (χ0n) is 6.67. The Bertz CT molecular complexity index is 314. The minimum atomic E-state index is -1.32. The number of hydrogen-bond donors (Lipinski definition) is 3. The minimum absolute atomic E-state index is 0. The number of phenolic OH excluding ortho intramolecular Hbond substituents is 2. The second-order valence-corrected chi connectivity index (χ2v) is 2.15. The van der Waals surface area contributed by atoms with Gasteiger partial charge in [0, 0.05) is 0 Å². The molecule has 0 fully saturated rings. The van der Waals surface area contributed by atoms with Gasteiger partial charge in [-0.25, -0.2) is 4.79 Å². The van der Waals surface area contributed by atoms with Gasteiger partial charge in [0.1, 0.15) is 11.5 Å². The molecule has 0 atom stereocenters. The molecule has 6 nitrogen and oxygen atoms in total. The van der Waals surface area contributed by atoms with E-state index in [9.17, 15) is 9.90 Å². The summed E-state index contributed by atoms with van der Waals surface area (Å²) in [6.07, 6.45) is 0. The first-order valence-corrected chi connectivity index (χ1v) is 2.98. The van der Waals surface area contributed by atoms with Gasteiger partial charge in [-0.1, -0.05) is 0 Å². The second-order valence-electron chi connectivity index (χ2n) is 2.15. The van der Waals surface area contributed by atoms with E-state index in [-0.39, 0.29) is 37.2 Å². The van der Waals surface area contributed by atoms with Crippen LogP contribution in [0.15, 0.2) is 12.1 Å². The normalized spacial score (nSPS) is 8.29. The third-order valence-electron chi connectivity index (χ3n) is 1.30. The van der Waals surface area contributed by atoms with Gasteiger partial charge in [0.25, 0.3) is 0 Å². The molecule has 0 bridgehead atoms. The van der Waals surface area contributed by atoms with Crippen LogP contribution in [0, 0.1) is 0 Å². The van der Waals surface area contributed by atoms with E-state index in [1.54, 1.807) is 0 Å². The molecule has 7 heteroatoms. The van der Waals surface area contributed by atoms with Crippen molar-refractivity contribution in [1.29, 1.82) is 0 Å². The molecule has 3 N–H and O–H groups in total. The zero-order chi connectivity index (χ0) is 9.30. The van der Waals surface area contributed by atoms with Gasteiger partial charge in [-0.15, -0.1) is 0 Å². The van der Waals surface area contributed by atoms with E-state index in [2.05, 4.69) is 0 Å². The van der Waals surface area contributed by atoms with E-state index in [1.807, 2.05) is 0 Å². The summed E-state index contributed by atoms with van der Waals surface area (Å²) in [4.78, 5) is 10.3. The number of hydrogen-bond acceptors (Lipinski definition) is 4. The van der Waals surface area contributed by atoms with Gasteiger partial charge in [0.2, 0.25) is 0 Å². The third kappa shape index (κ3) is 3.01. The molecular weight excluding hydrogens is 389 g/mol. The van der Waals surface area contributed by atoms with Crippen LogP contribution in [-0.4, -0.2) is 47.5 Å². The number of aromatic carboxylic acids is 1.